The Morgan fingerprint density at radius 2 is 0.942 bits per heavy atom. The molecule has 2 saturated heterocycles. The van der Waals surface area contributed by atoms with Gasteiger partial charge in [-0.15, -0.1) is 33.7 Å². The number of imidazole rings is 2. The van der Waals surface area contributed by atoms with Crippen LogP contribution in [0.15, 0.2) is 154 Å². The third-order valence-electron chi connectivity index (χ3n) is 13.5. The SMILES string of the molecule is C.C.CSc1nc(SC)c2ncc(C3(C#N)O[C@H](COC(=O)c4ccccc4)[C@@H](OC(=O)c4ccccc4)[C@@]3(C)F)n2n1.CSc1nc(SC)c2ncc(C3(OC(C)=O)O[C@H](COC(=O)c4ccccc4)[C@@H](OC(=O)c4ccccc4)[C@@]3(C)F)n2n1. The second kappa shape index (κ2) is 27.6. The van der Waals surface area contributed by atoms with Crippen molar-refractivity contribution in [1.29, 1.82) is 5.26 Å². The molecule has 0 spiro atoms. The molecule has 2 unspecified atom stereocenters. The highest BCUT2D eigenvalue weighted by molar-refractivity contribution is 7.99. The highest BCUT2D eigenvalue weighted by Crippen LogP contribution is 2.53. The lowest BCUT2D eigenvalue weighted by Gasteiger charge is -2.35. The van der Waals surface area contributed by atoms with Crippen molar-refractivity contribution in [2.24, 2.45) is 0 Å². The number of ether oxygens (including phenoxy) is 7. The molecule has 2 aliphatic heterocycles. The number of benzene rings is 4. The summed E-state index contributed by atoms with van der Waals surface area (Å²) < 4.78 is 77.5. The predicted molar refractivity (Wildman–Crippen MR) is 316 cm³/mol. The molecule has 27 heteroatoms. The summed E-state index contributed by atoms with van der Waals surface area (Å²) in [5.41, 5.74) is -6.43. The highest BCUT2D eigenvalue weighted by atomic mass is 32.2. The van der Waals surface area contributed by atoms with E-state index in [9.17, 15) is 29.2 Å². The number of esters is 5. The number of carbonyl (C=O) groups excluding carboxylic acids is 5. The lowest BCUT2D eigenvalue weighted by Crippen LogP contribution is -2.53. The van der Waals surface area contributed by atoms with Crippen molar-refractivity contribution in [3.63, 3.8) is 0 Å². The van der Waals surface area contributed by atoms with Crippen LogP contribution in [0.4, 0.5) is 8.78 Å². The van der Waals surface area contributed by atoms with Crippen LogP contribution in [0.25, 0.3) is 11.3 Å². The van der Waals surface area contributed by atoms with E-state index in [1.807, 2.05) is 12.3 Å². The molecular weight excluding hydrogens is 1190 g/mol. The van der Waals surface area contributed by atoms with Crippen LogP contribution in [-0.2, 0) is 49.3 Å². The fourth-order valence-electron chi connectivity index (χ4n) is 9.42. The van der Waals surface area contributed by atoms with Crippen LogP contribution in [0.2, 0.25) is 0 Å². The molecule has 0 amide bonds. The van der Waals surface area contributed by atoms with Crippen molar-refractivity contribution in [2.75, 3.05) is 38.2 Å². The molecule has 4 aromatic heterocycles. The largest absolute Gasteiger partial charge is 0.459 e. The van der Waals surface area contributed by atoms with Crippen molar-refractivity contribution in [1.82, 2.24) is 39.2 Å². The van der Waals surface area contributed by atoms with Crippen LogP contribution in [0, 0.1) is 11.3 Å². The first-order chi connectivity index (χ1) is 40.4. The normalized spacial score (nSPS) is 22.9. The van der Waals surface area contributed by atoms with Crippen molar-refractivity contribution >= 4 is 88.2 Å². The van der Waals surface area contributed by atoms with Crippen LogP contribution >= 0.6 is 47.0 Å². The first-order valence-corrected chi connectivity index (χ1v) is 30.3. The minimum atomic E-state index is -2.74. The summed E-state index contributed by atoms with van der Waals surface area (Å²) in [7, 11) is 0. The molecule has 0 aliphatic carbocycles. The molecule has 6 heterocycles. The number of hydrogen-bond acceptors (Lipinski definition) is 23. The van der Waals surface area contributed by atoms with Crippen molar-refractivity contribution in [3.8, 4) is 6.07 Å². The predicted octanol–water partition coefficient (Wildman–Crippen LogP) is 10.3. The van der Waals surface area contributed by atoms with Crippen LogP contribution in [0.5, 0.6) is 0 Å². The van der Waals surface area contributed by atoms with E-state index in [0.717, 1.165) is 20.8 Å². The van der Waals surface area contributed by atoms with Gasteiger partial charge in [-0.25, -0.2) is 56.9 Å². The Kier molecular flexibility index (Phi) is 21.0. The summed E-state index contributed by atoms with van der Waals surface area (Å²) in [5, 5.41) is 21.1. The average molecular weight is 1250 g/mol. The summed E-state index contributed by atoms with van der Waals surface area (Å²) in [4.78, 5) is 81.9. The molecule has 0 bridgehead atoms. The minimum absolute atomic E-state index is 0. The lowest BCUT2D eigenvalue weighted by atomic mass is 9.82. The molecule has 10 rings (SSSR count). The zero-order valence-electron chi connectivity index (χ0n) is 45.7. The number of aromatic nitrogens is 8. The number of halogens is 2. The van der Waals surface area contributed by atoms with E-state index in [2.05, 4.69) is 30.1 Å². The molecule has 86 heavy (non-hydrogen) atoms. The summed E-state index contributed by atoms with van der Waals surface area (Å²) >= 11 is 5.12. The standard InChI is InChI=1S/C29H27FN4O7S2.C28H24FN5O5S2.2CH4/c1-17(35)40-29(21-15-31-23-24(42-3)32-27(43-4)33-34(21)23)28(2,30)22(39-26(37)19-13-9-6-10-14-19)20(41-29)16-38-25(36)18-11-7-5-8-12-18;1-27(29)21(38-25(36)18-12-8-5-9-13-18)19(15-37-24(35)17-10-6-4-7-11-17)39-28(27,16-30)20-14-31-22-23(40-2)32-26(41-3)33-34(20)22;;/h5-15,20,22H,16H2,1-4H3;4-14,19,21H,15H2,1-3H3;2*1H4/t20-,22-,28-,29?;19-,21-,27-,28?;;/m11../s1. The Morgan fingerprint density at radius 1 is 0.570 bits per heavy atom. The van der Waals surface area contributed by atoms with Crippen molar-refractivity contribution < 1.29 is 65.9 Å². The van der Waals surface area contributed by atoms with Crippen LogP contribution in [-0.4, -0.2) is 143 Å². The number of rotatable bonds is 17. The average Bonchev–Trinajstić information content (AvgIpc) is 1.57. The number of nitrogens with zero attached hydrogens (tertiary/aromatic N) is 9. The molecule has 4 aromatic carbocycles. The summed E-state index contributed by atoms with van der Waals surface area (Å²) in [6.45, 7) is 2.25. The van der Waals surface area contributed by atoms with Gasteiger partial charge in [0, 0.05) is 6.92 Å². The van der Waals surface area contributed by atoms with E-state index in [0.29, 0.717) is 26.0 Å². The Labute approximate surface area is 510 Å². The molecule has 8 aromatic rings. The second-order valence-electron chi connectivity index (χ2n) is 18.8. The maximum atomic E-state index is 17.5. The lowest BCUT2D eigenvalue weighted by molar-refractivity contribution is -0.271. The number of hydrogen-bond donors (Lipinski definition) is 0. The maximum absolute atomic E-state index is 17.5. The molecular formula is C59H59F2N9O12S4. The second-order valence-corrected chi connectivity index (χ2v) is 21.9. The van der Waals surface area contributed by atoms with Crippen LogP contribution in [0.1, 0.15) is 88.4 Å². The van der Waals surface area contributed by atoms with E-state index < -0.39 is 90.2 Å². The van der Waals surface area contributed by atoms with E-state index >= 15 is 8.78 Å². The Bertz CT molecular complexity index is 3770. The van der Waals surface area contributed by atoms with Crippen LogP contribution in [0.3, 0.4) is 0 Å². The van der Waals surface area contributed by atoms with Gasteiger partial charge in [-0.05, 0) is 87.4 Å². The quantitative estimate of drug-likeness (QED) is 0.0466. The molecule has 450 valence electrons. The zero-order chi connectivity index (χ0) is 60.0. The van der Waals surface area contributed by atoms with Gasteiger partial charge in [0.15, 0.2) is 29.2 Å². The zero-order valence-corrected chi connectivity index (χ0v) is 49.0. The number of carbonyl (C=O) groups is 5. The molecule has 8 atom stereocenters. The molecule has 0 radical (unpaired) electrons. The summed E-state index contributed by atoms with van der Waals surface area (Å²) in [6.07, 6.45) is 3.59. The van der Waals surface area contributed by atoms with Crippen molar-refractivity contribution in [3.05, 3.63) is 167 Å². The monoisotopic (exact) mass is 1250 g/mol. The van der Waals surface area contributed by atoms with Crippen LogP contribution < -0.4 is 0 Å². The van der Waals surface area contributed by atoms with Gasteiger partial charge in [0.05, 0.1) is 34.6 Å². The third kappa shape index (κ3) is 12.6. The Balaban J connectivity index is 0.000000241. The van der Waals surface area contributed by atoms with Gasteiger partial charge in [-0.1, -0.05) is 111 Å². The minimum Gasteiger partial charge on any atom is -0.459 e. The van der Waals surface area contributed by atoms with E-state index in [4.69, 9.17) is 33.2 Å². The van der Waals surface area contributed by atoms with E-state index in [-0.39, 0.29) is 54.1 Å². The molecule has 0 saturated carbocycles. The van der Waals surface area contributed by atoms with E-state index in [1.165, 1.54) is 92.7 Å². The van der Waals surface area contributed by atoms with Gasteiger partial charge in [0.25, 0.3) is 5.79 Å². The third-order valence-corrected chi connectivity index (χ3v) is 15.9. The smallest absolute Gasteiger partial charge is 0.338 e. The van der Waals surface area contributed by atoms with E-state index in [1.54, 1.807) is 116 Å². The number of alkyl halides is 2. The first-order valence-electron chi connectivity index (χ1n) is 25.4. The number of thioether (sulfide) groups is 4. The molecule has 0 N–H and O–H groups in total. The van der Waals surface area contributed by atoms with Gasteiger partial charge in [-0.3, -0.25) is 4.79 Å². The fraction of sp³-hybridized carbons (Fsp3) is 0.322. The maximum Gasteiger partial charge on any atom is 0.338 e. The van der Waals surface area contributed by atoms with Gasteiger partial charge < -0.3 is 33.2 Å². The molecule has 21 nitrogen and oxygen atoms in total. The molecule has 2 aliphatic rings. The Morgan fingerprint density at radius 3 is 1.33 bits per heavy atom. The van der Waals surface area contributed by atoms with Gasteiger partial charge in [-0.2, -0.15) is 5.26 Å². The number of fused-ring (bicyclic) bond motifs is 2. The van der Waals surface area contributed by atoms with Gasteiger partial charge in [0.2, 0.25) is 21.6 Å². The van der Waals surface area contributed by atoms with Gasteiger partial charge in [0.1, 0.15) is 52.9 Å². The van der Waals surface area contributed by atoms with Crippen molar-refractivity contribution in [2.45, 2.75) is 103 Å². The highest BCUT2D eigenvalue weighted by Gasteiger charge is 2.72. The summed E-state index contributed by atoms with van der Waals surface area (Å²) in [6, 6.07) is 34.4. The number of nitriles is 1. The molecule has 2 fully saturated rings. The topological polar surface area (TPSA) is 260 Å². The van der Waals surface area contributed by atoms with Gasteiger partial charge >= 0.3 is 29.8 Å². The first kappa shape index (κ1) is 65.5. The summed E-state index contributed by atoms with van der Waals surface area (Å²) in [5.74, 6) is -6.49. The Hall–Kier alpha value is -8.00. The fourth-order valence-corrected chi connectivity index (χ4v) is 11.2.